The summed E-state index contributed by atoms with van der Waals surface area (Å²) in [5, 5.41) is 5.73. The van der Waals surface area contributed by atoms with Crippen molar-refractivity contribution < 1.29 is 4.79 Å². The molecule has 0 heterocycles. The largest absolute Gasteiger partial charge is 0.352 e. The van der Waals surface area contributed by atoms with Crippen LogP contribution in [-0.4, -0.2) is 25.0 Å². The lowest BCUT2D eigenvalue weighted by Gasteiger charge is -2.15. The second-order valence-corrected chi connectivity index (χ2v) is 2.94. The maximum absolute atomic E-state index is 11.3. The van der Waals surface area contributed by atoms with Crippen LogP contribution in [0, 0.1) is 0 Å². The van der Waals surface area contributed by atoms with Crippen LogP contribution < -0.4 is 10.6 Å². The fraction of sp³-hybridized carbons (Fsp3) is 0.667. The number of rotatable bonds is 5. The minimum Gasteiger partial charge on any atom is -0.352 e. The summed E-state index contributed by atoms with van der Waals surface area (Å²) in [4.78, 5) is 11.3. The number of hydrogen-bond acceptors (Lipinski definition) is 2. The molecule has 0 bridgehead atoms. The summed E-state index contributed by atoms with van der Waals surface area (Å²) in [7, 11) is 1.77. The Morgan fingerprint density at radius 1 is 1.58 bits per heavy atom. The number of amides is 1. The molecule has 2 unspecified atom stereocenters. The van der Waals surface area contributed by atoms with Crippen molar-refractivity contribution in [1.82, 2.24) is 10.6 Å². The lowest BCUT2D eigenvalue weighted by atomic mass is 10.2. The monoisotopic (exact) mass is 170 g/mol. The number of likely N-dealkylation sites (N-methyl/N-ethyl adjacent to an activating group) is 1. The maximum atomic E-state index is 11.3. The Labute approximate surface area is 74.2 Å². The Bertz CT molecular complexity index is 157. The minimum absolute atomic E-state index is 0.0341. The van der Waals surface area contributed by atoms with Crippen molar-refractivity contribution in [3.63, 3.8) is 0 Å². The van der Waals surface area contributed by atoms with Gasteiger partial charge in [0.25, 0.3) is 0 Å². The van der Waals surface area contributed by atoms with Gasteiger partial charge in [-0.2, -0.15) is 0 Å². The first-order chi connectivity index (χ1) is 5.61. The molecule has 0 aliphatic rings. The van der Waals surface area contributed by atoms with Gasteiger partial charge in [0.15, 0.2) is 0 Å². The second kappa shape index (κ2) is 5.77. The summed E-state index contributed by atoms with van der Waals surface area (Å²) in [5.74, 6) is 0.0341. The molecule has 0 saturated heterocycles. The van der Waals surface area contributed by atoms with Gasteiger partial charge < -0.3 is 10.6 Å². The third kappa shape index (κ3) is 4.13. The number of carbonyl (C=O) groups is 1. The molecular formula is C9H18N2O. The van der Waals surface area contributed by atoms with Crippen molar-refractivity contribution >= 4 is 5.91 Å². The number of carbonyl (C=O) groups excluding carboxylic acids is 1. The van der Waals surface area contributed by atoms with Gasteiger partial charge in [-0.05, 0) is 27.3 Å². The van der Waals surface area contributed by atoms with E-state index in [2.05, 4.69) is 17.2 Å². The molecular weight excluding hydrogens is 152 g/mol. The van der Waals surface area contributed by atoms with Crippen LogP contribution in [0.1, 0.15) is 20.3 Å². The summed E-state index contributed by atoms with van der Waals surface area (Å²) in [6.07, 6.45) is 2.61. The van der Waals surface area contributed by atoms with Crippen molar-refractivity contribution in [2.24, 2.45) is 0 Å². The lowest BCUT2D eigenvalue weighted by molar-refractivity contribution is -0.123. The predicted octanol–water partition coefficient (Wildman–Crippen LogP) is 0.675. The maximum Gasteiger partial charge on any atom is 0.237 e. The Morgan fingerprint density at radius 2 is 2.17 bits per heavy atom. The van der Waals surface area contributed by atoms with Crippen LogP contribution in [0.3, 0.4) is 0 Å². The van der Waals surface area contributed by atoms with Gasteiger partial charge in [0.05, 0.1) is 6.04 Å². The van der Waals surface area contributed by atoms with E-state index in [1.54, 1.807) is 13.1 Å². The van der Waals surface area contributed by atoms with Gasteiger partial charge in [0.1, 0.15) is 0 Å². The third-order valence-corrected chi connectivity index (χ3v) is 1.74. The van der Waals surface area contributed by atoms with Crippen LogP contribution in [0.2, 0.25) is 0 Å². The standard InChI is InChI=1S/C9H18N2O/c1-5-6-7(2)11-9(12)8(3)10-4/h5,7-8,10H,1,6H2,2-4H3,(H,11,12). The van der Waals surface area contributed by atoms with E-state index in [4.69, 9.17) is 0 Å². The highest BCUT2D eigenvalue weighted by molar-refractivity contribution is 5.81. The highest BCUT2D eigenvalue weighted by Crippen LogP contribution is 1.91. The zero-order valence-corrected chi connectivity index (χ0v) is 8.05. The first-order valence-electron chi connectivity index (χ1n) is 4.20. The molecule has 0 fully saturated rings. The highest BCUT2D eigenvalue weighted by Gasteiger charge is 2.11. The summed E-state index contributed by atoms with van der Waals surface area (Å²) in [6.45, 7) is 7.40. The van der Waals surface area contributed by atoms with Gasteiger partial charge in [0, 0.05) is 6.04 Å². The molecule has 12 heavy (non-hydrogen) atoms. The SMILES string of the molecule is C=CCC(C)NC(=O)C(C)NC. The molecule has 0 aromatic carbocycles. The van der Waals surface area contributed by atoms with Gasteiger partial charge in [0.2, 0.25) is 5.91 Å². The predicted molar refractivity (Wildman–Crippen MR) is 50.9 cm³/mol. The quantitative estimate of drug-likeness (QED) is 0.596. The second-order valence-electron chi connectivity index (χ2n) is 2.94. The molecule has 70 valence electrons. The molecule has 0 aromatic heterocycles. The van der Waals surface area contributed by atoms with Crippen molar-refractivity contribution in [3.8, 4) is 0 Å². The van der Waals surface area contributed by atoms with E-state index in [0.29, 0.717) is 0 Å². The highest BCUT2D eigenvalue weighted by atomic mass is 16.2. The molecule has 2 atom stereocenters. The van der Waals surface area contributed by atoms with Crippen LogP contribution in [0.4, 0.5) is 0 Å². The first kappa shape index (κ1) is 11.2. The average molecular weight is 170 g/mol. The van der Waals surface area contributed by atoms with E-state index in [0.717, 1.165) is 6.42 Å². The van der Waals surface area contributed by atoms with Crippen LogP contribution in [-0.2, 0) is 4.79 Å². The van der Waals surface area contributed by atoms with Crippen molar-refractivity contribution in [1.29, 1.82) is 0 Å². The van der Waals surface area contributed by atoms with Gasteiger partial charge in [-0.1, -0.05) is 6.08 Å². The van der Waals surface area contributed by atoms with Crippen molar-refractivity contribution in [2.45, 2.75) is 32.4 Å². The average Bonchev–Trinajstić information content (AvgIpc) is 2.03. The van der Waals surface area contributed by atoms with Gasteiger partial charge in [-0.3, -0.25) is 4.79 Å². The fourth-order valence-corrected chi connectivity index (χ4v) is 0.808. The van der Waals surface area contributed by atoms with E-state index in [1.165, 1.54) is 0 Å². The molecule has 3 heteroatoms. The van der Waals surface area contributed by atoms with Gasteiger partial charge in [-0.15, -0.1) is 6.58 Å². The molecule has 0 aliphatic carbocycles. The summed E-state index contributed by atoms with van der Waals surface area (Å²) >= 11 is 0. The molecule has 3 nitrogen and oxygen atoms in total. The first-order valence-corrected chi connectivity index (χ1v) is 4.20. The number of nitrogens with one attached hydrogen (secondary N) is 2. The molecule has 0 aromatic rings. The molecule has 0 saturated carbocycles. The Hall–Kier alpha value is -0.830. The summed E-state index contributed by atoms with van der Waals surface area (Å²) < 4.78 is 0. The van der Waals surface area contributed by atoms with Gasteiger partial charge >= 0.3 is 0 Å². The normalized spacial score (nSPS) is 14.9. The minimum atomic E-state index is -0.128. The van der Waals surface area contributed by atoms with E-state index in [9.17, 15) is 4.79 Å². The molecule has 0 spiro atoms. The van der Waals surface area contributed by atoms with Crippen LogP contribution in [0.15, 0.2) is 12.7 Å². The van der Waals surface area contributed by atoms with Crippen molar-refractivity contribution in [2.75, 3.05) is 7.05 Å². The van der Waals surface area contributed by atoms with Crippen LogP contribution in [0.25, 0.3) is 0 Å². The van der Waals surface area contributed by atoms with E-state index >= 15 is 0 Å². The molecule has 2 N–H and O–H groups in total. The zero-order chi connectivity index (χ0) is 9.56. The van der Waals surface area contributed by atoms with E-state index < -0.39 is 0 Å². The molecule has 0 radical (unpaired) electrons. The Morgan fingerprint density at radius 3 is 2.58 bits per heavy atom. The van der Waals surface area contributed by atoms with E-state index in [1.807, 2.05) is 13.8 Å². The zero-order valence-electron chi connectivity index (χ0n) is 8.05. The Kier molecular flexibility index (Phi) is 5.37. The topological polar surface area (TPSA) is 41.1 Å². The molecule has 1 amide bonds. The summed E-state index contributed by atoms with van der Waals surface area (Å²) in [5.41, 5.74) is 0. The molecule has 0 rings (SSSR count). The van der Waals surface area contributed by atoms with E-state index in [-0.39, 0.29) is 18.0 Å². The fourth-order valence-electron chi connectivity index (χ4n) is 0.808. The smallest absolute Gasteiger partial charge is 0.237 e. The Balaban J connectivity index is 3.75. The molecule has 0 aliphatic heterocycles. The third-order valence-electron chi connectivity index (χ3n) is 1.74. The lowest BCUT2D eigenvalue weighted by Crippen LogP contribution is -2.44. The van der Waals surface area contributed by atoms with Crippen LogP contribution >= 0.6 is 0 Å². The number of hydrogen-bond donors (Lipinski definition) is 2. The van der Waals surface area contributed by atoms with Gasteiger partial charge in [-0.25, -0.2) is 0 Å². The van der Waals surface area contributed by atoms with Crippen LogP contribution in [0.5, 0.6) is 0 Å². The summed E-state index contributed by atoms with van der Waals surface area (Å²) in [6, 6.07) is 0.0445. The van der Waals surface area contributed by atoms with Crippen molar-refractivity contribution in [3.05, 3.63) is 12.7 Å².